The Morgan fingerprint density at radius 2 is 1.65 bits per heavy atom. The van der Waals surface area contributed by atoms with Crippen molar-refractivity contribution in [2.45, 2.75) is 33.1 Å². The molecular weight excluding hydrogens is 260 g/mol. The Labute approximate surface area is 124 Å². The molecule has 0 unspecified atom stereocenters. The lowest BCUT2D eigenvalue weighted by Gasteiger charge is -2.21. The summed E-state index contributed by atoms with van der Waals surface area (Å²) >= 11 is 1.92. The van der Waals surface area contributed by atoms with Gasteiger partial charge in [-0.3, -0.25) is 0 Å². The van der Waals surface area contributed by atoms with Crippen LogP contribution in [-0.2, 0) is 5.41 Å². The zero-order chi connectivity index (χ0) is 14.1. The van der Waals surface area contributed by atoms with E-state index in [4.69, 9.17) is 0 Å². The summed E-state index contributed by atoms with van der Waals surface area (Å²) in [6, 6.07) is 13.7. The van der Waals surface area contributed by atoms with Crippen LogP contribution in [0.1, 0.15) is 35.4 Å². The van der Waals surface area contributed by atoms with Crippen LogP contribution in [0.4, 0.5) is 0 Å². The van der Waals surface area contributed by atoms with Crippen molar-refractivity contribution in [3.8, 4) is 11.1 Å². The van der Waals surface area contributed by atoms with Gasteiger partial charge in [0.1, 0.15) is 0 Å². The second-order valence-corrected chi connectivity index (χ2v) is 7.60. The molecule has 0 aliphatic heterocycles. The van der Waals surface area contributed by atoms with Gasteiger partial charge in [0.15, 0.2) is 0 Å². The zero-order valence-corrected chi connectivity index (χ0v) is 13.2. The van der Waals surface area contributed by atoms with Crippen molar-refractivity contribution in [1.29, 1.82) is 0 Å². The van der Waals surface area contributed by atoms with Crippen molar-refractivity contribution in [2.75, 3.05) is 0 Å². The maximum absolute atomic E-state index is 2.43. The highest BCUT2D eigenvalue weighted by Gasteiger charge is 2.35. The van der Waals surface area contributed by atoms with E-state index in [1.807, 2.05) is 11.3 Å². The van der Waals surface area contributed by atoms with Crippen LogP contribution in [0.25, 0.3) is 21.2 Å². The number of benzene rings is 2. The summed E-state index contributed by atoms with van der Waals surface area (Å²) in [5, 5.41) is 1.43. The predicted octanol–water partition coefficient (Wildman–Crippen LogP) is 5.82. The number of hydrogen-bond donors (Lipinski definition) is 0. The molecule has 0 amide bonds. The largest absolute Gasteiger partial charge is 0.140 e. The molecule has 1 aromatic heterocycles. The minimum atomic E-state index is 0.117. The highest BCUT2D eigenvalue weighted by molar-refractivity contribution is 7.19. The zero-order valence-electron chi connectivity index (χ0n) is 12.4. The van der Waals surface area contributed by atoms with Gasteiger partial charge in [-0.15, -0.1) is 11.3 Å². The molecule has 4 rings (SSSR count). The average molecular weight is 278 g/mol. The van der Waals surface area contributed by atoms with E-state index in [9.17, 15) is 0 Å². The summed E-state index contributed by atoms with van der Waals surface area (Å²) in [4.78, 5) is 1.44. The van der Waals surface area contributed by atoms with Gasteiger partial charge >= 0.3 is 0 Å². The first kappa shape index (κ1) is 12.2. The van der Waals surface area contributed by atoms with Crippen molar-refractivity contribution in [3.05, 3.63) is 58.0 Å². The minimum Gasteiger partial charge on any atom is -0.140 e. The summed E-state index contributed by atoms with van der Waals surface area (Å²) in [5.74, 6) is 0. The topological polar surface area (TPSA) is 0 Å². The van der Waals surface area contributed by atoms with Crippen LogP contribution < -0.4 is 0 Å². The molecular formula is C19H18S. The van der Waals surface area contributed by atoms with Gasteiger partial charge < -0.3 is 0 Å². The third-order valence-corrected chi connectivity index (χ3v) is 6.05. The number of thiophene rings is 1. The van der Waals surface area contributed by atoms with E-state index in [-0.39, 0.29) is 5.41 Å². The molecule has 1 aliphatic rings. The van der Waals surface area contributed by atoms with Gasteiger partial charge in [0.25, 0.3) is 0 Å². The minimum absolute atomic E-state index is 0.117. The van der Waals surface area contributed by atoms with E-state index in [0.717, 1.165) is 0 Å². The second-order valence-electron chi connectivity index (χ2n) is 6.35. The molecule has 0 spiro atoms. The molecule has 1 aliphatic carbocycles. The molecule has 0 N–H and O–H groups in total. The molecule has 3 aromatic rings. The molecule has 0 nitrogen and oxygen atoms in total. The Morgan fingerprint density at radius 3 is 2.45 bits per heavy atom. The molecule has 0 fully saturated rings. The fraction of sp³-hybridized carbons (Fsp3) is 0.263. The Kier molecular flexibility index (Phi) is 2.27. The van der Waals surface area contributed by atoms with Gasteiger partial charge in [0.05, 0.1) is 0 Å². The third kappa shape index (κ3) is 1.36. The van der Waals surface area contributed by atoms with Crippen molar-refractivity contribution in [2.24, 2.45) is 0 Å². The Hall–Kier alpha value is -1.60. The van der Waals surface area contributed by atoms with Crippen LogP contribution in [-0.4, -0.2) is 0 Å². The molecule has 0 atom stereocenters. The number of rotatable bonds is 0. The highest BCUT2D eigenvalue weighted by atomic mass is 32.1. The van der Waals surface area contributed by atoms with E-state index >= 15 is 0 Å². The maximum atomic E-state index is 2.43. The average Bonchev–Trinajstić information content (AvgIpc) is 2.83. The van der Waals surface area contributed by atoms with E-state index in [1.54, 1.807) is 0 Å². The predicted molar refractivity (Wildman–Crippen MR) is 88.9 cm³/mol. The van der Waals surface area contributed by atoms with E-state index in [1.165, 1.54) is 42.8 Å². The first-order chi connectivity index (χ1) is 9.50. The molecule has 20 heavy (non-hydrogen) atoms. The molecule has 1 heteroatoms. The van der Waals surface area contributed by atoms with Crippen LogP contribution in [0.5, 0.6) is 0 Å². The summed E-state index contributed by atoms with van der Waals surface area (Å²) < 4.78 is 1.43. The van der Waals surface area contributed by atoms with Crippen molar-refractivity contribution >= 4 is 21.4 Å². The normalized spacial score (nSPS) is 15.4. The Balaban J connectivity index is 2.15. The summed E-state index contributed by atoms with van der Waals surface area (Å²) in [7, 11) is 0. The summed E-state index contributed by atoms with van der Waals surface area (Å²) in [6.45, 7) is 9.16. The van der Waals surface area contributed by atoms with Crippen molar-refractivity contribution < 1.29 is 0 Å². The number of aryl methyl sites for hydroxylation is 2. The van der Waals surface area contributed by atoms with Gasteiger partial charge in [-0.25, -0.2) is 0 Å². The fourth-order valence-corrected chi connectivity index (χ4v) is 4.63. The third-order valence-electron chi connectivity index (χ3n) is 4.88. The fourth-order valence-electron chi connectivity index (χ4n) is 3.54. The number of hydrogen-bond acceptors (Lipinski definition) is 1. The highest BCUT2D eigenvalue weighted by Crippen LogP contribution is 2.50. The molecule has 100 valence electrons. The van der Waals surface area contributed by atoms with Crippen LogP contribution in [0.15, 0.2) is 36.4 Å². The van der Waals surface area contributed by atoms with Crippen LogP contribution in [0.3, 0.4) is 0 Å². The SMILES string of the molecule is Cc1sc2cc3c(cc2c1C)-c1ccccc1C3(C)C. The van der Waals surface area contributed by atoms with Crippen LogP contribution in [0.2, 0.25) is 0 Å². The van der Waals surface area contributed by atoms with Gasteiger partial charge in [-0.05, 0) is 59.2 Å². The van der Waals surface area contributed by atoms with E-state index in [2.05, 4.69) is 64.1 Å². The van der Waals surface area contributed by atoms with Crippen LogP contribution >= 0.6 is 11.3 Å². The van der Waals surface area contributed by atoms with Crippen molar-refractivity contribution in [1.82, 2.24) is 0 Å². The van der Waals surface area contributed by atoms with Gasteiger partial charge in [-0.1, -0.05) is 38.1 Å². The molecule has 0 saturated carbocycles. The molecule has 2 aromatic carbocycles. The van der Waals surface area contributed by atoms with E-state index < -0.39 is 0 Å². The monoisotopic (exact) mass is 278 g/mol. The van der Waals surface area contributed by atoms with Gasteiger partial charge in [0, 0.05) is 15.0 Å². The number of fused-ring (bicyclic) bond motifs is 4. The van der Waals surface area contributed by atoms with Crippen molar-refractivity contribution in [3.63, 3.8) is 0 Å². The summed E-state index contributed by atoms with van der Waals surface area (Å²) in [6.07, 6.45) is 0. The van der Waals surface area contributed by atoms with Crippen LogP contribution in [0, 0.1) is 13.8 Å². The molecule has 0 radical (unpaired) electrons. The second kappa shape index (κ2) is 3.73. The Morgan fingerprint density at radius 1 is 0.900 bits per heavy atom. The summed E-state index contributed by atoms with van der Waals surface area (Å²) in [5.41, 5.74) is 7.34. The molecule has 0 saturated heterocycles. The lowest BCUT2D eigenvalue weighted by Crippen LogP contribution is -2.14. The first-order valence-corrected chi connectivity index (χ1v) is 7.96. The molecule has 0 bridgehead atoms. The quantitative estimate of drug-likeness (QED) is 0.485. The standard InChI is InChI=1S/C19H18S/c1-11-12(2)20-18-10-17-15(9-14(11)18)13-7-5-6-8-16(13)19(17,3)4/h5-10H,1-4H3. The maximum Gasteiger partial charge on any atom is 0.0351 e. The lowest BCUT2D eigenvalue weighted by atomic mass is 9.82. The van der Waals surface area contributed by atoms with Gasteiger partial charge in [-0.2, -0.15) is 0 Å². The Bertz CT molecular complexity index is 850. The smallest absolute Gasteiger partial charge is 0.0351 e. The molecule has 1 heterocycles. The first-order valence-electron chi connectivity index (χ1n) is 7.14. The lowest BCUT2D eigenvalue weighted by molar-refractivity contribution is 0.661. The van der Waals surface area contributed by atoms with E-state index in [0.29, 0.717) is 0 Å². The van der Waals surface area contributed by atoms with Gasteiger partial charge in [0.2, 0.25) is 0 Å².